The average molecular weight is 537 g/mol. The van der Waals surface area contributed by atoms with E-state index in [2.05, 4.69) is 18.7 Å². The minimum atomic E-state index is -0.890. The van der Waals surface area contributed by atoms with Crippen LogP contribution in [0.15, 0.2) is 29.2 Å². The number of aromatic hydroxyl groups is 1. The summed E-state index contributed by atoms with van der Waals surface area (Å²) in [5.41, 5.74) is -1.03. The normalized spacial score (nSPS) is 22.9. The fourth-order valence-corrected chi connectivity index (χ4v) is 6.36. The fourth-order valence-electron chi connectivity index (χ4n) is 6.36. The molecule has 0 spiro atoms. The van der Waals surface area contributed by atoms with Gasteiger partial charge in [-0.25, -0.2) is 8.78 Å². The van der Waals surface area contributed by atoms with Crippen molar-refractivity contribution in [3.63, 3.8) is 0 Å². The number of hydrogen-bond acceptors (Lipinski definition) is 5. The van der Waals surface area contributed by atoms with Crippen LogP contribution in [0.5, 0.6) is 5.75 Å². The van der Waals surface area contributed by atoms with Crippen LogP contribution in [-0.4, -0.2) is 56.5 Å². The number of carbonyl (C=O) groups is 2. The Hall–Kier alpha value is -2.07. The zero-order valence-corrected chi connectivity index (χ0v) is 24.3. The maximum absolute atomic E-state index is 14.0. The van der Waals surface area contributed by atoms with Crippen molar-refractivity contribution < 1.29 is 53.0 Å². The van der Waals surface area contributed by atoms with Crippen molar-refractivity contribution >= 4 is 11.7 Å². The van der Waals surface area contributed by atoms with Crippen LogP contribution >= 0.6 is 0 Å². The molecule has 198 valence electrons. The number of nitrogens with zero attached hydrogens (tertiary/aromatic N) is 3. The quantitative estimate of drug-likeness (QED) is 0.440. The zero-order chi connectivity index (χ0) is 26.4. The third-order valence-electron chi connectivity index (χ3n) is 8.03. The molecule has 0 bridgehead atoms. The number of rotatable bonds is 6. The van der Waals surface area contributed by atoms with Crippen LogP contribution in [0.4, 0.5) is 8.78 Å². The predicted molar refractivity (Wildman–Crippen MR) is 133 cm³/mol. The molecule has 1 N–H and O–H groups in total. The van der Waals surface area contributed by atoms with Crippen molar-refractivity contribution in [2.24, 2.45) is 11.8 Å². The molecule has 3 heterocycles. The molecular formula is C28H33F2N3NaO4+. The number of fused-ring (bicyclic) bond motifs is 4. The van der Waals surface area contributed by atoms with Crippen LogP contribution in [0.25, 0.3) is 0 Å². The number of carbonyl (C=O) groups excluding carboxylic acids is 2. The minimum Gasteiger partial charge on any atom is -0.503 e. The van der Waals surface area contributed by atoms with E-state index in [-0.39, 0.29) is 77.3 Å². The number of amides is 1. The first-order valence-corrected chi connectivity index (χ1v) is 13.2. The summed E-state index contributed by atoms with van der Waals surface area (Å²) in [7, 11) is 0. The van der Waals surface area contributed by atoms with Gasteiger partial charge in [-0.1, -0.05) is 32.8 Å². The molecule has 7 nitrogen and oxygen atoms in total. The number of halogens is 2. The van der Waals surface area contributed by atoms with E-state index in [4.69, 9.17) is 0 Å². The summed E-state index contributed by atoms with van der Waals surface area (Å²) < 4.78 is 28.8. The van der Waals surface area contributed by atoms with E-state index in [1.54, 1.807) is 4.57 Å². The van der Waals surface area contributed by atoms with Gasteiger partial charge in [0.1, 0.15) is 17.8 Å². The van der Waals surface area contributed by atoms with Gasteiger partial charge < -0.3 is 14.6 Å². The first kappa shape index (κ1) is 28.9. The molecule has 1 aromatic heterocycles. The van der Waals surface area contributed by atoms with Gasteiger partial charge in [0.15, 0.2) is 17.2 Å². The van der Waals surface area contributed by atoms with Crippen LogP contribution in [0.1, 0.15) is 72.4 Å². The number of Topliss-reactive ketones (excluding diaryl/α,β-unsaturated/α-hetero) is 1. The second kappa shape index (κ2) is 11.6. The Morgan fingerprint density at radius 3 is 2.58 bits per heavy atom. The molecule has 1 saturated carbocycles. The van der Waals surface area contributed by atoms with Gasteiger partial charge in [-0.05, 0) is 42.7 Å². The Morgan fingerprint density at radius 2 is 1.87 bits per heavy atom. The number of aryl methyl sites for hydroxylation is 1. The van der Waals surface area contributed by atoms with E-state index in [0.29, 0.717) is 18.4 Å². The number of hydrogen-bond donors (Lipinski definition) is 1. The Labute approximate surface area is 243 Å². The largest absolute Gasteiger partial charge is 1.00 e. The van der Waals surface area contributed by atoms with Crippen molar-refractivity contribution in [1.82, 2.24) is 14.4 Å². The van der Waals surface area contributed by atoms with Crippen LogP contribution in [0.2, 0.25) is 0 Å². The second-order valence-corrected chi connectivity index (χ2v) is 11.0. The fraction of sp³-hybridized carbons (Fsp3) is 0.536. The van der Waals surface area contributed by atoms with Crippen LogP contribution < -0.4 is 35.0 Å². The topological polar surface area (TPSA) is 82.8 Å². The molecule has 1 saturated heterocycles. The number of benzene rings is 1. The molecule has 1 aromatic carbocycles. The molecule has 3 aliphatic rings. The van der Waals surface area contributed by atoms with Crippen LogP contribution in [0, 0.1) is 23.5 Å². The van der Waals surface area contributed by atoms with E-state index in [1.807, 2.05) is 4.90 Å². The van der Waals surface area contributed by atoms with E-state index in [9.17, 15) is 28.3 Å². The Kier molecular flexibility index (Phi) is 8.81. The average Bonchev–Trinajstić information content (AvgIpc) is 2.85. The summed E-state index contributed by atoms with van der Waals surface area (Å²) in [5.74, 6) is -2.36. The summed E-state index contributed by atoms with van der Waals surface area (Å²) in [4.78, 5) is 44.0. The summed E-state index contributed by atoms with van der Waals surface area (Å²) in [6, 6.07) is 3.21. The first-order chi connectivity index (χ1) is 17.7. The zero-order valence-electron chi connectivity index (χ0n) is 22.3. The van der Waals surface area contributed by atoms with Crippen molar-refractivity contribution in [2.75, 3.05) is 13.1 Å². The SMILES string of the molecule is CC(C)CN1C[C@@H]2CCCC[C@@H]2N2C(=O)c3c(O)c(=O)c(C(=O)CCc4ccc(F)cc4F)cn3C[C@@H]12.[Na+]. The van der Waals surface area contributed by atoms with Crippen molar-refractivity contribution in [3.8, 4) is 5.75 Å². The molecule has 0 radical (unpaired) electrons. The summed E-state index contributed by atoms with van der Waals surface area (Å²) in [5, 5.41) is 10.9. The molecule has 10 heteroatoms. The molecule has 2 aromatic rings. The van der Waals surface area contributed by atoms with E-state index in [0.717, 1.165) is 50.9 Å². The molecule has 38 heavy (non-hydrogen) atoms. The standard InChI is InChI=1S/C28H33F2N3O4.Na/c1-16(2)12-31-13-18-5-3-4-6-22(18)33-24(31)15-32-14-20(26(35)27(36)25(32)28(33)37)23(34)10-8-17-7-9-19(29)11-21(17)30;/h7,9,11,14,16,18,22,24,36H,3-6,8,10,12-13,15H2,1-2H3;/q;+1/t18-,22-,24-;/m0./s1. The monoisotopic (exact) mass is 536 g/mol. The Morgan fingerprint density at radius 1 is 1.13 bits per heavy atom. The molecule has 1 aliphatic carbocycles. The molecule has 2 aliphatic heterocycles. The summed E-state index contributed by atoms with van der Waals surface area (Å²) >= 11 is 0. The number of pyridine rings is 1. The minimum absolute atomic E-state index is 0. The van der Waals surface area contributed by atoms with E-state index >= 15 is 0 Å². The van der Waals surface area contributed by atoms with Gasteiger partial charge in [-0.15, -0.1) is 0 Å². The van der Waals surface area contributed by atoms with Gasteiger partial charge in [0.05, 0.1) is 12.1 Å². The Bertz CT molecular complexity index is 1300. The summed E-state index contributed by atoms with van der Waals surface area (Å²) in [6.07, 6.45) is 5.08. The third kappa shape index (κ3) is 5.35. The van der Waals surface area contributed by atoms with Gasteiger partial charge in [0, 0.05) is 37.8 Å². The van der Waals surface area contributed by atoms with Gasteiger partial charge >= 0.3 is 29.6 Å². The van der Waals surface area contributed by atoms with E-state index < -0.39 is 28.6 Å². The molecule has 0 unspecified atom stereocenters. The first-order valence-electron chi connectivity index (χ1n) is 13.2. The van der Waals surface area contributed by atoms with Gasteiger partial charge in [0.2, 0.25) is 5.43 Å². The van der Waals surface area contributed by atoms with Crippen LogP contribution in [0.3, 0.4) is 0 Å². The van der Waals surface area contributed by atoms with Gasteiger partial charge in [0.25, 0.3) is 5.91 Å². The van der Waals surface area contributed by atoms with Gasteiger partial charge in [-0.2, -0.15) is 0 Å². The number of ketones is 1. The number of aromatic nitrogens is 1. The molecule has 5 rings (SSSR count). The third-order valence-corrected chi connectivity index (χ3v) is 8.03. The molecular weight excluding hydrogens is 503 g/mol. The van der Waals surface area contributed by atoms with Gasteiger partial charge in [-0.3, -0.25) is 19.3 Å². The predicted octanol–water partition coefficient (Wildman–Crippen LogP) is 0.964. The maximum Gasteiger partial charge on any atom is 1.00 e. The molecule has 1 amide bonds. The van der Waals surface area contributed by atoms with Crippen molar-refractivity contribution in [2.45, 2.75) is 71.1 Å². The summed E-state index contributed by atoms with van der Waals surface area (Å²) in [6.45, 7) is 6.33. The Balaban J connectivity index is 0.00000336. The smallest absolute Gasteiger partial charge is 0.503 e. The molecule has 3 atom stereocenters. The van der Waals surface area contributed by atoms with Crippen molar-refractivity contribution in [1.29, 1.82) is 0 Å². The van der Waals surface area contributed by atoms with Crippen LogP contribution in [-0.2, 0) is 13.0 Å². The van der Waals surface area contributed by atoms with Crippen molar-refractivity contribution in [3.05, 3.63) is 63.1 Å². The van der Waals surface area contributed by atoms with E-state index in [1.165, 1.54) is 12.3 Å². The molecule has 2 fully saturated rings. The maximum atomic E-state index is 14.0. The second-order valence-electron chi connectivity index (χ2n) is 11.0.